The van der Waals surface area contributed by atoms with Crippen molar-refractivity contribution in [1.29, 1.82) is 0 Å². The zero-order chi connectivity index (χ0) is 2.00. The molecule has 0 bridgehead atoms. The summed E-state index contributed by atoms with van der Waals surface area (Å²) in [5.41, 5.74) is 0. The summed E-state index contributed by atoms with van der Waals surface area (Å²) < 4.78 is 8.06. The zero-order valence-electron chi connectivity index (χ0n) is 2.46. The molecule has 0 fully saturated rings. The van der Waals surface area contributed by atoms with Crippen LogP contribution in [0.1, 0.15) is 0 Å². The Morgan fingerprint density at radius 2 is 0.778 bits per heavy atom. The van der Waals surface area contributed by atoms with Gasteiger partial charge in [0, 0.05) is 83.6 Å². The van der Waals surface area contributed by atoms with Gasteiger partial charge in [0.2, 0.25) is 0 Å². The predicted molar refractivity (Wildman–Crippen MR) is 15.0 cm³/mol. The van der Waals surface area contributed by atoms with Gasteiger partial charge < -0.3 is 0 Å². The molecule has 1 nitrogen and oxygen atoms in total. The van der Waals surface area contributed by atoms with Crippen molar-refractivity contribution >= 4 is 37.7 Å². The first-order valence-electron chi connectivity index (χ1n) is 0.154. The molecule has 0 aromatic heterocycles. The molecule has 0 heterocycles. The Bertz CT molecular complexity index is 20.5. The van der Waals surface area contributed by atoms with Crippen molar-refractivity contribution in [2.45, 2.75) is 0 Å². The minimum absolute atomic E-state index is 0. The topological polar surface area (TPSA) is 17.1 Å². The third kappa shape index (κ3) is 74.5. The van der Waals surface area contributed by atoms with E-state index >= 15 is 0 Å². The summed E-state index contributed by atoms with van der Waals surface area (Å²) in [6, 6.07) is 0. The summed E-state index contributed by atoms with van der Waals surface area (Å²) in [5.74, 6) is 0. The maximum absolute atomic E-state index is 8.06. The van der Waals surface area contributed by atoms with Crippen LogP contribution in [0.2, 0.25) is 0 Å². The fourth-order valence-electron chi connectivity index (χ4n) is 0. The van der Waals surface area contributed by atoms with Crippen molar-refractivity contribution in [3.05, 3.63) is 0 Å². The van der Waals surface area contributed by atoms with Crippen LogP contribution in [0.15, 0.2) is 0 Å². The van der Waals surface area contributed by atoms with Crippen LogP contribution in [0.5, 0.6) is 0 Å². The normalized spacial score (nSPS) is 0.444. The molecular formula is H2Co2Li2Mn2Ni2O. The quantitative estimate of drug-likeness (QED) is 0.474. The Labute approximate surface area is 139 Å². The third-order valence-electron chi connectivity index (χ3n) is 0. The van der Waals surface area contributed by atoms with Crippen molar-refractivity contribution in [3.63, 3.8) is 0 Å². The Morgan fingerprint density at radius 1 is 0.778 bits per heavy atom. The fourth-order valence-corrected chi connectivity index (χ4v) is 0. The van der Waals surface area contributed by atoms with Crippen LogP contribution in [0.3, 0.4) is 0 Å². The van der Waals surface area contributed by atoms with E-state index in [0.29, 0.717) is 0 Å². The Hall–Kier alpha value is 4.03. The molecule has 0 unspecified atom stereocenters. The molecule has 9 heavy (non-hydrogen) atoms. The molecule has 0 amide bonds. The molecule has 0 aromatic carbocycles. The van der Waals surface area contributed by atoms with Gasteiger partial charge in [-0.1, -0.05) is 0 Å². The first-order chi connectivity index (χ1) is 1.00. The monoisotopic (exact) mass is 376 g/mol. The van der Waals surface area contributed by atoms with Gasteiger partial charge in [-0.25, -0.2) is 0 Å². The van der Waals surface area contributed by atoms with E-state index in [9.17, 15) is 0 Å². The molecule has 0 atom stereocenters. The van der Waals surface area contributed by atoms with Crippen molar-refractivity contribution in [3.8, 4) is 0 Å². The van der Waals surface area contributed by atoms with Crippen molar-refractivity contribution in [2.24, 2.45) is 0 Å². The molecule has 0 aliphatic heterocycles. The molecule has 3 radical (unpaired) electrons. The van der Waals surface area contributed by atoms with Gasteiger partial charge in [0.05, 0.1) is 0 Å². The summed E-state index contributed by atoms with van der Waals surface area (Å²) in [6.07, 6.45) is 0. The van der Waals surface area contributed by atoms with Crippen LogP contribution in [0.4, 0.5) is 0 Å². The standard InChI is InChI=1S/2Co.2Li.2Mn.2Ni.O.2H. The van der Waals surface area contributed by atoms with Gasteiger partial charge in [-0.2, -0.15) is 0 Å². The van der Waals surface area contributed by atoms with Crippen LogP contribution < -0.4 is 0 Å². The van der Waals surface area contributed by atoms with Crippen LogP contribution in [-0.4, -0.2) is 37.7 Å². The van der Waals surface area contributed by atoms with Crippen LogP contribution in [0, 0.1) is 0 Å². The van der Waals surface area contributed by atoms with Crippen LogP contribution in [0.25, 0.3) is 0 Å². The Balaban J connectivity index is -0.000000000238. The SMILES string of the molecule is [Co].[Co].[LiH].[LiH].[Mn].[Ni].[Ni].[O]=[Mn]. The second kappa shape index (κ2) is 90.0. The first kappa shape index (κ1) is 74.5. The van der Waals surface area contributed by atoms with Gasteiger partial charge in [-0.05, 0) is 0 Å². The first-order valence-corrected chi connectivity index (χ1v) is 0.636. The maximum atomic E-state index is 8.06. The number of hydrogen-bond donors (Lipinski definition) is 0. The summed E-state index contributed by atoms with van der Waals surface area (Å²) in [5, 5.41) is 0. The van der Waals surface area contributed by atoms with Crippen molar-refractivity contribution in [2.75, 3.05) is 0 Å². The molecule has 0 aliphatic rings. The second-order valence-corrected chi connectivity index (χ2v) is 0. The molecule has 0 spiro atoms. The Kier molecular flexibility index (Phi) is 745. The van der Waals surface area contributed by atoms with E-state index in [1.54, 1.807) is 15.9 Å². The fraction of sp³-hybridized carbons (Fsp3) is 0. The van der Waals surface area contributed by atoms with Gasteiger partial charge in [-0.15, -0.1) is 0 Å². The van der Waals surface area contributed by atoms with Crippen molar-refractivity contribution < 1.29 is 103 Å². The Morgan fingerprint density at radius 3 is 0.778 bits per heavy atom. The van der Waals surface area contributed by atoms with E-state index in [-0.39, 0.29) is 121 Å². The summed E-state index contributed by atoms with van der Waals surface area (Å²) >= 11 is 1.69. The molecule has 0 aromatic rings. The molecule has 0 saturated carbocycles. The van der Waals surface area contributed by atoms with Gasteiger partial charge >= 0.3 is 57.5 Å². The van der Waals surface area contributed by atoms with Gasteiger partial charge in [0.1, 0.15) is 0 Å². The molecular weight excluding hydrogens is 375 g/mol. The van der Waals surface area contributed by atoms with E-state index in [1.165, 1.54) is 0 Å². The average Bonchev–Trinajstić information content (AvgIpc) is 1.00. The molecule has 62 valence electrons. The van der Waals surface area contributed by atoms with Gasteiger partial charge in [0.15, 0.2) is 0 Å². The van der Waals surface area contributed by atoms with Crippen molar-refractivity contribution in [1.82, 2.24) is 0 Å². The third-order valence-corrected chi connectivity index (χ3v) is 0. The summed E-state index contributed by atoms with van der Waals surface area (Å²) in [6.45, 7) is 0. The van der Waals surface area contributed by atoms with E-state index < -0.39 is 0 Å². The van der Waals surface area contributed by atoms with E-state index in [4.69, 9.17) is 3.83 Å². The van der Waals surface area contributed by atoms with Crippen LogP contribution >= 0.6 is 0 Å². The summed E-state index contributed by atoms with van der Waals surface area (Å²) in [4.78, 5) is 0. The molecule has 0 saturated heterocycles. The average molecular weight is 377 g/mol. The second-order valence-electron chi connectivity index (χ2n) is 0. The van der Waals surface area contributed by atoms with Gasteiger partial charge in [-0.3, -0.25) is 0 Å². The number of hydrogen-bond acceptors (Lipinski definition) is 1. The van der Waals surface area contributed by atoms with Crippen LogP contribution in [-0.2, 0) is 103 Å². The summed E-state index contributed by atoms with van der Waals surface area (Å²) in [7, 11) is 0. The molecule has 0 rings (SSSR count). The molecule has 9 heteroatoms. The van der Waals surface area contributed by atoms with E-state index in [1.807, 2.05) is 0 Å². The predicted octanol–water partition coefficient (Wildman–Crippen LogP) is -1.43. The van der Waals surface area contributed by atoms with E-state index in [0.717, 1.165) is 0 Å². The molecule has 0 aliphatic carbocycles. The minimum atomic E-state index is 0. The zero-order valence-corrected chi connectivity index (χ0v) is 8.88. The number of rotatable bonds is 0. The van der Waals surface area contributed by atoms with E-state index in [2.05, 4.69) is 0 Å². The molecule has 0 N–H and O–H groups in total. The van der Waals surface area contributed by atoms with Gasteiger partial charge in [0.25, 0.3) is 0 Å².